The summed E-state index contributed by atoms with van der Waals surface area (Å²) in [5, 5.41) is 10.6. The predicted octanol–water partition coefficient (Wildman–Crippen LogP) is 6.25. The number of benzene rings is 3. The third-order valence-electron chi connectivity index (χ3n) is 5.66. The van der Waals surface area contributed by atoms with Crippen LogP contribution in [0.25, 0.3) is 0 Å². The molecule has 34 heavy (non-hydrogen) atoms. The van der Waals surface area contributed by atoms with Gasteiger partial charge >= 0.3 is 5.97 Å². The summed E-state index contributed by atoms with van der Waals surface area (Å²) in [6.45, 7) is 4.35. The van der Waals surface area contributed by atoms with Gasteiger partial charge in [0.15, 0.2) is 0 Å². The van der Waals surface area contributed by atoms with E-state index in [1.165, 1.54) is 5.56 Å². The number of carbonyl (C=O) groups excluding carboxylic acids is 1. The van der Waals surface area contributed by atoms with E-state index in [1.807, 2.05) is 80.6 Å². The lowest BCUT2D eigenvalue weighted by molar-refractivity contribution is -0.147. The maximum atomic E-state index is 11.9. The van der Waals surface area contributed by atoms with Gasteiger partial charge in [-0.3, -0.25) is 4.79 Å². The number of aliphatic hydroxyl groups excluding tert-OH is 1. The summed E-state index contributed by atoms with van der Waals surface area (Å²) in [5.41, 5.74) is 4.36. The van der Waals surface area contributed by atoms with Gasteiger partial charge in [0, 0.05) is 12.8 Å². The first kappa shape index (κ1) is 25.5. The Morgan fingerprint density at radius 2 is 1.59 bits per heavy atom. The Hall–Kier alpha value is -3.11. The summed E-state index contributed by atoms with van der Waals surface area (Å²) in [6, 6.07) is 26.2. The maximum Gasteiger partial charge on any atom is 0.306 e. The second-order valence-electron chi connectivity index (χ2n) is 8.90. The molecule has 0 aliphatic carbocycles. The Morgan fingerprint density at radius 1 is 0.853 bits per heavy atom. The van der Waals surface area contributed by atoms with Gasteiger partial charge in [-0.1, -0.05) is 72.8 Å². The van der Waals surface area contributed by atoms with Crippen LogP contribution in [-0.4, -0.2) is 23.8 Å². The van der Waals surface area contributed by atoms with Crippen molar-refractivity contribution < 1.29 is 19.4 Å². The van der Waals surface area contributed by atoms with Crippen LogP contribution in [0, 0.1) is 0 Å². The number of aliphatic hydroxyl groups is 1. The highest BCUT2D eigenvalue weighted by Crippen LogP contribution is 2.22. The first-order valence-corrected chi connectivity index (χ1v) is 12.2. The fourth-order valence-corrected chi connectivity index (χ4v) is 3.93. The molecule has 0 aliphatic heterocycles. The molecule has 1 N–H and O–H groups in total. The molecule has 180 valence electrons. The van der Waals surface area contributed by atoms with Crippen molar-refractivity contribution in [2.45, 2.75) is 64.6 Å². The van der Waals surface area contributed by atoms with Gasteiger partial charge in [-0.05, 0) is 67.9 Å². The smallest absolute Gasteiger partial charge is 0.306 e. The molecule has 0 spiro atoms. The highest BCUT2D eigenvalue weighted by Gasteiger charge is 2.10. The third kappa shape index (κ3) is 8.68. The summed E-state index contributed by atoms with van der Waals surface area (Å²) >= 11 is 0. The number of aryl methyl sites for hydroxylation is 2. The molecule has 0 bridgehead atoms. The van der Waals surface area contributed by atoms with E-state index in [0.29, 0.717) is 25.9 Å². The van der Waals surface area contributed by atoms with Gasteiger partial charge in [-0.15, -0.1) is 0 Å². The number of rotatable bonds is 13. The molecule has 3 rings (SSSR count). The van der Waals surface area contributed by atoms with Crippen LogP contribution in [0.1, 0.15) is 61.5 Å². The van der Waals surface area contributed by atoms with Crippen LogP contribution in [0.4, 0.5) is 0 Å². The topological polar surface area (TPSA) is 55.8 Å². The SMILES string of the molecule is CC(C)OC(=O)CCc1ccccc1OCCCCc1cccc(C(O)Cc2ccccc2)c1. The van der Waals surface area contributed by atoms with Gasteiger partial charge in [0.2, 0.25) is 0 Å². The van der Waals surface area contributed by atoms with Gasteiger partial charge in [-0.25, -0.2) is 0 Å². The van der Waals surface area contributed by atoms with Crippen molar-refractivity contribution in [3.8, 4) is 5.75 Å². The molecule has 1 atom stereocenters. The molecule has 1 unspecified atom stereocenters. The summed E-state index contributed by atoms with van der Waals surface area (Å²) < 4.78 is 11.2. The first-order chi connectivity index (χ1) is 16.5. The first-order valence-electron chi connectivity index (χ1n) is 12.2. The van der Waals surface area contributed by atoms with Crippen molar-refractivity contribution in [1.82, 2.24) is 0 Å². The highest BCUT2D eigenvalue weighted by atomic mass is 16.5. The van der Waals surface area contributed by atoms with Crippen LogP contribution in [-0.2, 0) is 28.8 Å². The lowest BCUT2D eigenvalue weighted by atomic mass is 9.98. The Bertz CT molecular complexity index is 1010. The van der Waals surface area contributed by atoms with E-state index >= 15 is 0 Å². The van der Waals surface area contributed by atoms with E-state index in [4.69, 9.17) is 9.47 Å². The van der Waals surface area contributed by atoms with Gasteiger partial charge < -0.3 is 14.6 Å². The van der Waals surface area contributed by atoms with Crippen molar-refractivity contribution in [2.24, 2.45) is 0 Å². The molecule has 4 nitrogen and oxygen atoms in total. The highest BCUT2D eigenvalue weighted by molar-refractivity contribution is 5.70. The van der Waals surface area contributed by atoms with Crippen LogP contribution in [0.15, 0.2) is 78.9 Å². The Kier molecular flexibility index (Phi) is 10.2. The molecule has 0 saturated carbocycles. The average molecular weight is 461 g/mol. The van der Waals surface area contributed by atoms with E-state index in [1.54, 1.807) is 0 Å². The van der Waals surface area contributed by atoms with Crippen LogP contribution < -0.4 is 4.74 Å². The van der Waals surface area contributed by atoms with Crippen molar-refractivity contribution in [3.05, 3.63) is 101 Å². The fraction of sp³-hybridized carbons (Fsp3) is 0.367. The molecule has 3 aromatic rings. The Morgan fingerprint density at radius 3 is 2.38 bits per heavy atom. The molecule has 0 radical (unpaired) electrons. The summed E-state index contributed by atoms with van der Waals surface area (Å²) in [7, 11) is 0. The van der Waals surface area contributed by atoms with E-state index < -0.39 is 6.10 Å². The van der Waals surface area contributed by atoms with Crippen LogP contribution >= 0.6 is 0 Å². The number of unbranched alkanes of at least 4 members (excludes halogenated alkanes) is 1. The summed E-state index contributed by atoms with van der Waals surface area (Å²) in [4.78, 5) is 11.9. The number of esters is 1. The Labute approximate surface area is 203 Å². The predicted molar refractivity (Wildman–Crippen MR) is 136 cm³/mol. The number of carbonyl (C=O) groups is 1. The van der Waals surface area contributed by atoms with Crippen molar-refractivity contribution >= 4 is 5.97 Å². The normalized spacial score (nSPS) is 11.9. The zero-order valence-electron chi connectivity index (χ0n) is 20.3. The number of para-hydroxylation sites is 1. The quantitative estimate of drug-likeness (QED) is 0.242. The Balaban J connectivity index is 1.42. The number of hydrogen-bond donors (Lipinski definition) is 1. The zero-order chi connectivity index (χ0) is 24.2. The second kappa shape index (κ2) is 13.6. The molecule has 0 aliphatic rings. The molecule has 0 fully saturated rings. The monoisotopic (exact) mass is 460 g/mol. The number of ether oxygens (including phenoxy) is 2. The van der Waals surface area contributed by atoms with E-state index in [-0.39, 0.29) is 12.1 Å². The molecule has 4 heteroatoms. The minimum absolute atomic E-state index is 0.0909. The molecule has 0 aromatic heterocycles. The fourth-order valence-electron chi connectivity index (χ4n) is 3.93. The van der Waals surface area contributed by atoms with Crippen LogP contribution in [0.2, 0.25) is 0 Å². The second-order valence-corrected chi connectivity index (χ2v) is 8.90. The third-order valence-corrected chi connectivity index (χ3v) is 5.66. The van der Waals surface area contributed by atoms with E-state index in [9.17, 15) is 9.90 Å². The molecule has 0 heterocycles. The largest absolute Gasteiger partial charge is 0.493 e. The lowest BCUT2D eigenvalue weighted by Crippen LogP contribution is -2.12. The zero-order valence-corrected chi connectivity index (χ0v) is 20.3. The maximum absolute atomic E-state index is 11.9. The molecule has 0 amide bonds. The van der Waals surface area contributed by atoms with Crippen LogP contribution in [0.5, 0.6) is 5.75 Å². The minimum Gasteiger partial charge on any atom is -0.493 e. The van der Waals surface area contributed by atoms with E-state index in [2.05, 4.69) is 12.1 Å². The van der Waals surface area contributed by atoms with E-state index in [0.717, 1.165) is 41.7 Å². The average Bonchev–Trinajstić information content (AvgIpc) is 2.83. The molecule has 3 aromatic carbocycles. The molecular weight excluding hydrogens is 424 g/mol. The van der Waals surface area contributed by atoms with Crippen LogP contribution in [0.3, 0.4) is 0 Å². The van der Waals surface area contributed by atoms with Gasteiger partial charge in [0.25, 0.3) is 0 Å². The van der Waals surface area contributed by atoms with Crippen molar-refractivity contribution in [1.29, 1.82) is 0 Å². The lowest BCUT2D eigenvalue weighted by Gasteiger charge is -2.13. The van der Waals surface area contributed by atoms with Crippen molar-refractivity contribution in [2.75, 3.05) is 6.61 Å². The molecular formula is C30H36O4. The van der Waals surface area contributed by atoms with Gasteiger partial charge in [0.1, 0.15) is 5.75 Å². The van der Waals surface area contributed by atoms with Gasteiger partial charge in [0.05, 0.1) is 18.8 Å². The standard InChI is InChI=1S/C30H36O4/c1-23(2)34-30(32)19-18-26-15-6-7-17-29(26)33-20-9-8-13-24-14-10-16-27(21-24)28(31)22-25-11-4-3-5-12-25/h3-7,10-12,14-17,21,23,28,31H,8-9,13,18-20,22H2,1-2H3. The summed E-state index contributed by atoms with van der Waals surface area (Å²) in [6.07, 6.45) is 3.86. The summed E-state index contributed by atoms with van der Waals surface area (Å²) in [5.74, 6) is 0.659. The van der Waals surface area contributed by atoms with Gasteiger partial charge in [-0.2, -0.15) is 0 Å². The van der Waals surface area contributed by atoms with Crippen molar-refractivity contribution in [3.63, 3.8) is 0 Å². The molecule has 0 saturated heterocycles. The number of hydrogen-bond acceptors (Lipinski definition) is 4. The minimum atomic E-state index is -0.500.